The molecule has 2 atom stereocenters. The predicted molar refractivity (Wildman–Crippen MR) is 81.7 cm³/mol. The number of hydrogen-bond acceptors (Lipinski definition) is 3. The van der Waals surface area contributed by atoms with Crippen molar-refractivity contribution < 1.29 is 8.42 Å². The maximum Gasteiger partial charge on any atom is 0.279 e. The van der Waals surface area contributed by atoms with Gasteiger partial charge in [0.05, 0.1) is 0 Å². The van der Waals surface area contributed by atoms with Crippen molar-refractivity contribution in [3.63, 3.8) is 0 Å². The lowest BCUT2D eigenvalue weighted by atomic mass is 9.78. The summed E-state index contributed by atoms with van der Waals surface area (Å²) in [6.07, 6.45) is 4.41. The molecule has 0 aromatic heterocycles. The molecule has 118 valence electrons. The lowest BCUT2D eigenvalue weighted by molar-refractivity contribution is 0.180. The maximum atomic E-state index is 12.4. The standard InChI is InChI=1S/C14H29N3O2S/c1-12-6-4-9-17(11-12)20(18,19)16-10-13-14(2,3)7-5-8-15-13/h12-13,15-16H,4-11H2,1-3H3. The second-order valence-corrected chi connectivity index (χ2v) is 8.81. The third-order valence-corrected chi connectivity index (χ3v) is 6.30. The molecule has 2 unspecified atom stereocenters. The van der Waals surface area contributed by atoms with E-state index in [1.807, 2.05) is 0 Å². The first-order valence-corrected chi connectivity index (χ1v) is 9.23. The van der Waals surface area contributed by atoms with Crippen molar-refractivity contribution >= 4 is 10.2 Å². The van der Waals surface area contributed by atoms with Gasteiger partial charge in [-0.2, -0.15) is 12.7 Å². The van der Waals surface area contributed by atoms with Gasteiger partial charge in [0.1, 0.15) is 0 Å². The molecule has 0 aromatic rings. The van der Waals surface area contributed by atoms with Gasteiger partial charge in [0.25, 0.3) is 10.2 Å². The Labute approximate surface area is 123 Å². The van der Waals surface area contributed by atoms with Crippen LogP contribution in [0.1, 0.15) is 46.5 Å². The summed E-state index contributed by atoms with van der Waals surface area (Å²) in [4.78, 5) is 0. The van der Waals surface area contributed by atoms with E-state index in [2.05, 4.69) is 30.8 Å². The van der Waals surface area contributed by atoms with E-state index < -0.39 is 10.2 Å². The van der Waals surface area contributed by atoms with E-state index in [-0.39, 0.29) is 11.5 Å². The molecule has 0 saturated carbocycles. The molecule has 6 heteroatoms. The van der Waals surface area contributed by atoms with Crippen molar-refractivity contribution in [1.82, 2.24) is 14.3 Å². The third kappa shape index (κ3) is 3.93. The topological polar surface area (TPSA) is 61.4 Å². The average Bonchev–Trinajstić information content (AvgIpc) is 2.37. The summed E-state index contributed by atoms with van der Waals surface area (Å²) in [7, 11) is -3.32. The maximum absolute atomic E-state index is 12.4. The first-order valence-electron chi connectivity index (χ1n) is 7.79. The minimum Gasteiger partial charge on any atom is -0.312 e. The number of hydrogen-bond donors (Lipinski definition) is 2. The van der Waals surface area contributed by atoms with Crippen molar-refractivity contribution in [3.05, 3.63) is 0 Å². The first kappa shape index (κ1) is 16.2. The van der Waals surface area contributed by atoms with Gasteiger partial charge in [-0.15, -0.1) is 0 Å². The van der Waals surface area contributed by atoms with Crippen molar-refractivity contribution in [3.8, 4) is 0 Å². The Kier molecular flexibility index (Phi) is 5.10. The summed E-state index contributed by atoms with van der Waals surface area (Å²) in [6.45, 7) is 9.31. The highest BCUT2D eigenvalue weighted by molar-refractivity contribution is 7.87. The molecule has 2 rings (SSSR count). The number of nitrogens with zero attached hydrogens (tertiary/aromatic N) is 1. The van der Waals surface area contributed by atoms with Crippen LogP contribution in [0.4, 0.5) is 0 Å². The fraction of sp³-hybridized carbons (Fsp3) is 1.00. The fourth-order valence-electron chi connectivity index (χ4n) is 3.26. The van der Waals surface area contributed by atoms with Gasteiger partial charge in [-0.3, -0.25) is 0 Å². The molecule has 2 fully saturated rings. The Morgan fingerprint density at radius 1 is 1.35 bits per heavy atom. The molecule has 2 heterocycles. The van der Waals surface area contributed by atoms with E-state index in [0.29, 0.717) is 25.6 Å². The molecule has 2 saturated heterocycles. The summed E-state index contributed by atoms with van der Waals surface area (Å²) >= 11 is 0. The molecule has 0 radical (unpaired) electrons. The van der Waals surface area contributed by atoms with E-state index in [9.17, 15) is 8.42 Å². The minimum absolute atomic E-state index is 0.149. The van der Waals surface area contributed by atoms with Crippen LogP contribution in [-0.4, -0.2) is 44.9 Å². The molecular formula is C14H29N3O2S. The lowest BCUT2D eigenvalue weighted by Crippen LogP contribution is -2.55. The average molecular weight is 303 g/mol. The molecule has 0 spiro atoms. The van der Waals surface area contributed by atoms with Crippen LogP contribution in [0.15, 0.2) is 0 Å². The van der Waals surface area contributed by atoms with Gasteiger partial charge in [-0.25, -0.2) is 4.72 Å². The molecule has 2 N–H and O–H groups in total. The smallest absolute Gasteiger partial charge is 0.279 e. The molecule has 2 aliphatic heterocycles. The molecular weight excluding hydrogens is 274 g/mol. The normalized spacial score (nSPS) is 32.1. The highest BCUT2D eigenvalue weighted by Gasteiger charge is 2.34. The van der Waals surface area contributed by atoms with Crippen molar-refractivity contribution in [1.29, 1.82) is 0 Å². The van der Waals surface area contributed by atoms with Gasteiger partial charge in [-0.05, 0) is 43.6 Å². The number of piperidine rings is 2. The van der Waals surface area contributed by atoms with Crippen LogP contribution in [0.25, 0.3) is 0 Å². The molecule has 0 aliphatic carbocycles. The number of nitrogens with one attached hydrogen (secondary N) is 2. The Balaban J connectivity index is 1.91. The molecule has 2 aliphatic rings. The van der Waals surface area contributed by atoms with Crippen LogP contribution in [0, 0.1) is 11.3 Å². The Hall–Kier alpha value is -0.170. The summed E-state index contributed by atoms with van der Waals surface area (Å²) in [5.74, 6) is 0.463. The summed E-state index contributed by atoms with van der Waals surface area (Å²) in [6, 6.07) is 0.216. The van der Waals surface area contributed by atoms with Gasteiger partial charge in [0.15, 0.2) is 0 Å². The van der Waals surface area contributed by atoms with Crippen LogP contribution in [-0.2, 0) is 10.2 Å². The largest absolute Gasteiger partial charge is 0.312 e. The molecule has 0 amide bonds. The lowest BCUT2D eigenvalue weighted by Gasteiger charge is -2.40. The van der Waals surface area contributed by atoms with Gasteiger partial charge >= 0.3 is 0 Å². The van der Waals surface area contributed by atoms with E-state index in [4.69, 9.17) is 0 Å². The summed E-state index contributed by atoms with van der Waals surface area (Å²) in [5, 5.41) is 3.45. The van der Waals surface area contributed by atoms with Crippen LogP contribution < -0.4 is 10.0 Å². The molecule has 20 heavy (non-hydrogen) atoms. The zero-order valence-corrected chi connectivity index (χ0v) is 13.8. The van der Waals surface area contributed by atoms with Gasteiger partial charge in [0, 0.05) is 25.7 Å². The van der Waals surface area contributed by atoms with Crippen LogP contribution >= 0.6 is 0 Å². The zero-order valence-electron chi connectivity index (χ0n) is 13.0. The zero-order chi connectivity index (χ0) is 14.8. The first-order chi connectivity index (χ1) is 9.31. The number of rotatable bonds is 4. The van der Waals surface area contributed by atoms with Gasteiger partial charge in [-0.1, -0.05) is 20.8 Å². The predicted octanol–water partition coefficient (Wildman–Crippen LogP) is 1.33. The van der Waals surface area contributed by atoms with Gasteiger partial charge < -0.3 is 5.32 Å². The second-order valence-electron chi connectivity index (χ2n) is 7.06. The van der Waals surface area contributed by atoms with Crippen molar-refractivity contribution in [2.45, 2.75) is 52.5 Å². The van der Waals surface area contributed by atoms with Crippen LogP contribution in [0.2, 0.25) is 0 Å². The van der Waals surface area contributed by atoms with Crippen LogP contribution in [0.3, 0.4) is 0 Å². The monoisotopic (exact) mass is 303 g/mol. The van der Waals surface area contributed by atoms with Crippen LogP contribution in [0.5, 0.6) is 0 Å². The molecule has 5 nitrogen and oxygen atoms in total. The Morgan fingerprint density at radius 2 is 2.10 bits per heavy atom. The summed E-state index contributed by atoms with van der Waals surface area (Å²) in [5.41, 5.74) is 0.149. The highest BCUT2D eigenvalue weighted by atomic mass is 32.2. The quantitative estimate of drug-likeness (QED) is 0.824. The fourth-order valence-corrected chi connectivity index (χ4v) is 4.64. The Bertz CT molecular complexity index is 422. The highest BCUT2D eigenvalue weighted by Crippen LogP contribution is 2.29. The van der Waals surface area contributed by atoms with E-state index in [0.717, 1.165) is 25.8 Å². The van der Waals surface area contributed by atoms with Gasteiger partial charge in [0.2, 0.25) is 0 Å². The van der Waals surface area contributed by atoms with Crippen molar-refractivity contribution in [2.24, 2.45) is 11.3 Å². The minimum atomic E-state index is -3.32. The molecule has 0 aromatic carbocycles. The van der Waals surface area contributed by atoms with Crippen molar-refractivity contribution in [2.75, 3.05) is 26.2 Å². The van der Waals surface area contributed by atoms with E-state index >= 15 is 0 Å². The Morgan fingerprint density at radius 3 is 2.75 bits per heavy atom. The second kappa shape index (κ2) is 6.30. The van der Waals surface area contributed by atoms with E-state index in [1.165, 1.54) is 6.42 Å². The molecule has 0 bridgehead atoms. The third-order valence-electron chi connectivity index (χ3n) is 4.76. The SMILES string of the molecule is CC1CCCN(S(=O)(=O)NCC2NCCCC2(C)C)C1. The van der Waals surface area contributed by atoms with E-state index in [1.54, 1.807) is 4.31 Å². The summed E-state index contributed by atoms with van der Waals surface area (Å²) < 4.78 is 29.2.